The van der Waals surface area contributed by atoms with Gasteiger partial charge in [0.1, 0.15) is 5.69 Å². The zero-order valence-electron chi connectivity index (χ0n) is 16.6. The second kappa shape index (κ2) is 8.68. The van der Waals surface area contributed by atoms with Crippen LogP contribution in [0, 0.1) is 18.3 Å². The SMILES string of the molecule is CNC(=O)c1cc(C#N)cc(C)c1NC(=O)c1cc(C(F)(F)F)nn1-c1ncccc1Cl. The van der Waals surface area contributed by atoms with Crippen LogP contribution in [-0.2, 0) is 6.18 Å². The van der Waals surface area contributed by atoms with Gasteiger partial charge < -0.3 is 10.6 Å². The van der Waals surface area contributed by atoms with Crippen LogP contribution in [0.4, 0.5) is 18.9 Å². The van der Waals surface area contributed by atoms with Gasteiger partial charge in [-0.25, -0.2) is 9.67 Å². The van der Waals surface area contributed by atoms with Crippen molar-refractivity contribution in [2.45, 2.75) is 13.1 Å². The maximum Gasteiger partial charge on any atom is 0.435 e. The lowest BCUT2D eigenvalue weighted by molar-refractivity contribution is -0.141. The van der Waals surface area contributed by atoms with Crippen molar-refractivity contribution < 1.29 is 22.8 Å². The molecule has 1 aromatic carbocycles. The van der Waals surface area contributed by atoms with Crippen LogP contribution >= 0.6 is 11.6 Å². The fourth-order valence-electron chi connectivity index (χ4n) is 2.88. The summed E-state index contributed by atoms with van der Waals surface area (Å²) in [5, 5.41) is 17.4. The quantitative estimate of drug-likeness (QED) is 0.613. The fourth-order valence-corrected chi connectivity index (χ4v) is 3.09. The molecule has 0 bridgehead atoms. The van der Waals surface area contributed by atoms with E-state index >= 15 is 0 Å². The topological polar surface area (TPSA) is 113 Å². The van der Waals surface area contributed by atoms with E-state index in [1.165, 1.54) is 44.4 Å². The number of pyridine rings is 1. The molecule has 0 radical (unpaired) electrons. The lowest BCUT2D eigenvalue weighted by atomic mass is 10.0. The summed E-state index contributed by atoms with van der Waals surface area (Å²) >= 11 is 6.04. The highest BCUT2D eigenvalue weighted by molar-refractivity contribution is 6.32. The Hall–Kier alpha value is -3.91. The molecule has 2 aromatic heterocycles. The average Bonchev–Trinajstić information content (AvgIpc) is 3.20. The first-order valence-corrected chi connectivity index (χ1v) is 9.31. The lowest BCUT2D eigenvalue weighted by Gasteiger charge is -2.14. The van der Waals surface area contributed by atoms with E-state index in [9.17, 15) is 22.8 Å². The van der Waals surface area contributed by atoms with Crippen molar-refractivity contribution in [2.75, 3.05) is 12.4 Å². The van der Waals surface area contributed by atoms with Crippen molar-refractivity contribution in [3.63, 3.8) is 0 Å². The molecule has 3 rings (SSSR count). The molecule has 2 N–H and O–H groups in total. The van der Waals surface area contributed by atoms with Gasteiger partial charge in [-0.05, 0) is 36.8 Å². The number of aryl methyl sites for hydroxylation is 1. The van der Waals surface area contributed by atoms with Crippen molar-refractivity contribution in [2.24, 2.45) is 0 Å². The number of nitrogens with one attached hydrogen (secondary N) is 2. The largest absolute Gasteiger partial charge is 0.435 e. The van der Waals surface area contributed by atoms with Crippen molar-refractivity contribution in [1.82, 2.24) is 20.1 Å². The normalized spacial score (nSPS) is 11.0. The number of rotatable bonds is 4. The van der Waals surface area contributed by atoms with Gasteiger partial charge in [0.2, 0.25) is 0 Å². The zero-order valence-corrected chi connectivity index (χ0v) is 17.3. The molecule has 0 unspecified atom stereocenters. The summed E-state index contributed by atoms with van der Waals surface area (Å²) in [5.74, 6) is -1.77. The van der Waals surface area contributed by atoms with Crippen molar-refractivity contribution in [3.8, 4) is 11.9 Å². The molecule has 0 aliphatic carbocycles. The molecule has 0 aliphatic rings. The maximum atomic E-state index is 13.3. The van der Waals surface area contributed by atoms with Crippen LogP contribution in [0.2, 0.25) is 5.02 Å². The van der Waals surface area contributed by atoms with E-state index in [0.29, 0.717) is 16.3 Å². The molecule has 0 saturated heterocycles. The molecule has 0 spiro atoms. The molecule has 0 atom stereocenters. The Morgan fingerprint density at radius 2 is 1.94 bits per heavy atom. The van der Waals surface area contributed by atoms with Gasteiger partial charge in [-0.1, -0.05) is 11.6 Å². The number of amides is 2. The van der Waals surface area contributed by atoms with Crippen LogP contribution in [0.5, 0.6) is 0 Å². The lowest BCUT2D eigenvalue weighted by Crippen LogP contribution is -2.24. The van der Waals surface area contributed by atoms with Crippen LogP contribution in [0.1, 0.15) is 37.7 Å². The molecular weight excluding hydrogens is 449 g/mol. The van der Waals surface area contributed by atoms with Crippen LogP contribution in [0.25, 0.3) is 5.82 Å². The minimum atomic E-state index is -4.83. The number of anilines is 1. The number of halogens is 4. The number of hydrogen-bond donors (Lipinski definition) is 2. The summed E-state index contributed by atoms with van der Waals surface area (Å²) in [4.78, 5) is 29.2. The van der Waals surface area contributed by atoms with Crippen LogP contribution in [0.15, 0.2) is 36.5 Å². The Bertz CT molecular complexity index is 1260. The summed E-state index contributed by atoms with van der Waals surface area (Å²) in [5.41, 5.74) is -1.31. The molecule has 0 fully saturated rings. The van der Waals surface area contributed by atoms with Crippen LogP contribution in [0.3, 0.4) is 0 Å². The third-order valence-electron chi connectivity index (χ3n) is 4.35. The van der Waals surface area contributed by atoms with E-state index in [1.807, 2.05) is 6.07 Å². The Balaban J connectivity index is 2.14. The standard InChI is InChI=1S/C20H14ClF3N6O2/c1-10-6-11(9-25)7-12(18(31)26-2)16(10)28-19(32)14-8-15(20(22,23)24)29-30(14)17-13(21)4-3-5-27-17/h3-8H,1-2H3,(H,26,31)(H,28,32). The summed E-state index contributed by atoms with van der Waals surface area (Å²) < 4.78 is 40.6. The Kier molecular flexibility index (Phi) is 6.18. The summed E-state index contributed by atoms with van der Waals surface area (Å²) in [6.45, 7) is 1.54. The van der Waals surface area contributed by atoms with Gasteiger partial charge in [0.15, 0.2) is 11.5 Å². The number of benzene rings is 1. The molecule has 164 valence electrons. The number of nitrogens with zero attached hydrogens (tertiary/aromatic N) is 4. The smallest absolute Gasteiger partial charge is 0.355 e. The molecule has 2 amide bonds. The summed E-state index contributed by atoms with van der Waals surface area (Å²) in [6, 6.07) is 7.99. The Labute approximate surface area is 184 Å². The van der Waals surface area contributed by atoms with E-state index in [1.54, 1.807) is 0 Å². The highest BCUT2D eigenvalue weighted by atomic mass is 35.5. The molecule has 0 saturated carbocycles. The zero-order chi connectivity index (χ0) is 23.6. The number of alkyl halides is 3. The number of carbonyl (C=O) groups excluding carboxylic acids is 2. The molecular formula is C20H14ClF3N6O2. The maximum absolute atomic E-state index is 13.3. The van der Waals surface area contributed by atoms with E-state index in [0.717, 1.165) is 0 Å². The van der Waals surface area contributed by atoms with Gasteiger partial charge in [-0.2, -0.15) is 23.5 Å². The first-order chi connectivity index (χ1) is 15.1. The van der Waals surface area contributed by atoms with Crippen LogP contribution < -0.4 is 10.6 Å². The predicted molar refractivity (Wildman–Crippen MR) is 109 cm³/mol. The second-order valence-electron chi connectivity index (χ2n) is 6.49. The van der Waals surface area contributed by atoms with Crippen LogP contribution in [-0.4, -0.2) is 33.6 Å². The van der Waals surface area contributed by atoms with Gasteiger partial charge in [0, 0.05) is 19.3 Å². The number of hydrogen-bond acceptors (Lipinski definition) is 5. The molecule has 8 nitrogen and oxygen atoms in total. The second-order valence-corrected chi connectivity index (χ2v) is 6.90. The molecule has 32 heavy (non-hydrogen) atoms. The summed E-state index contributed by atoms with van der Waals surface area (Å²) in [7, 11) is 1.36. The molecule has 12 heteroatoms. The highest BCUT2D eigenvalue weighted by Gasteiger charge is 2.36. The first kappa shape index (κ1) is 22.8. The van der Waals surface area contributed by atoms with E-state index < -0.39 is 29.4 Å². The van der Waals surface area contributed by atoms with Crippen molar-refractivity contribution in [3.05, 3.63) is 69.6 Å². The monoisotopic (exact) mass is 462 g/mol. The Morgan fingerprint density at radius 1 is 1.22 bits per heavy atom. The van der Waals surface area contributed by atoms with Gasteiger partial charge in [0.05, 0.1) is 27.9 Å². The third kappa shape index (κ3) is 4.40. The average molecular weight is 463 g/mol. The minimum Gasteiger partial charge on any atom is -0.355 e. The first-order valence-electron chi connectivity index (χ1n) is 8.93. The van der Waals surface area contributed by atoms with E-state index in [2.05, 4.69) is 20.7 Å². The van der Waals surface area contributed by atoms with Gasteiger partial charge in [-0.15, -0.1) is 0 Å². The molecule has 3 aromatic rings. The molecule has 2 heterocycles. The highest BCUT2D eigenvalue weighted by Crippen LogP contribution is 2.31. The predicted octanol–water partition coefficient (Wildman–Crippen LogP) is 3.73. The number of aromatic nitrogens is 3. The number of carbonyl (C=O) groups is 2. The fraction of sp³-hybridized carbons (Fsp3) is 0.150. The number of nitriles is 1. The van der Waals surface area contributed by atoms with Crippen molar-refractivity contribution in [1.29, 1.82) is 5.26 Å². The summed E-state index contributed by atoms with van der Waals surface area (Å²) in [6.07, 6.45) is -3.55. The Morgan fingerprint density at radius 3 is 2.53 bits per heavy atom. The van der Waals surface area contributed by atoms with Gasteiger partial charge in [-0.3, -0.25) is 9.59 Å². The van der Waals surface area contributed by atoms with E-state index in [4.69, 9.17) is 16.9 Å². The third-order valence-corrected chi connectivity index (χ3v) is 4.64. The van der Waals surface area contributed by atoms with E-state index in [-0.39, 0.29) is 27.7 Å². The van der Waals surface area contributed by atoms with Crippen molar-refractivity contribution >= 4 is 29.1 Å². The molecule has 0 aliphatic heterocycles. The van der Waals surface area contributed by atoms with Gasteiger partial charge >= 0.3 is 6.18 Å². The minimum absolute atomic E-state index is 0.0287. The van der Waals surface area contributed by atoms with Gasteiger partial charge in [0.25, 0.3) is 11.8 Å².